The summed E-state index contributed by atoms with van der Waals surface area (Å²) >= 11 is 0. The minimum Gasteiger partial charge on any atom is -0.548 e. The molecule has 8 heteroatoms. The Hall–Kier alpha value is -2.90. The lowest BCUT2D eigenvalue weighted by Crippen LogP contribution is -2.46. The van der Waals surface area contributed by atoms with Crippen LogP contribution < -0.4 is 16.4 Å². The van der Waals surface area contributed by atoms with E-state index in [4.69, 9.17) is 0 Å². The number of aromatic nitrogens is 2. The highest BCUT2D eigenvalue weighted by molar-refractivity contribution is 5.83. The van der Waals surface area contributed by atoms with E-state index in [1.165, 1.54) is 9.47 Å². The smallest absolute Gasteiger partial charge is 0.328 e. The number of hydrogen-bond donors (Lipinski definition) is 1. The number of nitrogens with one attached hydrogen (secondary N) is 1. The van der Waals surface area contributed by atoms with E-state index >= 15 is 0 Å². The zero-order valence-corrected chi connectivity index (χ0v) is 15.0. The summed E-state index contributed by atoms with van der Waals surface area (Å²) in [6, 6.07) is 6.05. The van der Waals surface area contributed by atoms with Crippen LogP contribution in [0.5, 0.6) is 0 Å². The summed E-state index contributed by atoms with van der Waals surface area (Å²) in [5, 5.41) is 11.5. The normalized spacial score (nSPS) is 16.7. The standard InChI is InChI=1S/C19H23N3O5/c23-16(21-12-6-9-15(21)18(25)26)10-2-1-5-11-22-17(24)13-7-3-4-8-14(13)20-19(22)27/h3-4,7-8,15H,1-2,5-6,9-12H2,(H,20,27)(H,25,26)/p-1/t15-/m1/s1. The number of benzene rings is 1. The first kappa shape index (κ1) is 18.9. The van der Waals surface area contributed by atoms with E-state index < -0.39 is 17.7 Å². The van der Waals surface area contributed by atoms with Crippen LogP contribution in [0.15, 0.2) is 33.9 Å². The fraction of sp³-hybridized carbons (Fsp3) is 0.474. The summed E-state index contributed by atoms with van der Waals surface area (Å²) in [6.45, 7) is 0.734. The number of carbonyl (C=O) groups excluding carboxylic acids is 2. The van der Waals surface area contributed by atoms with E-state index in [0.717, 1.165) is 0 Å². The van der Waals surface area contributed by atoms with E-state index in [0.29, 0.717) is 49.6 Å². The molecule has 144 valence electrons. The number of H-pyrrole nitrogens is 1. The highest BCUT2D eigenvalue weighted by Gasteiger charge is 2.28. The third kappa shape index (κ3) is 4.10. The van der Waals surface area contributed by atoms with Crippen molar-refractivity contribution in [2.24, 2.45) is 0 Å². The first-order valence-corrected chi connectivity index (χ1v) is 9.21. The van der Waals surface area contributed by atoms with Gasteiger partial charge in [0.05, 0.1) is 22.9 Å². The largest absolute Gasteiger partial charge is 0.548 e. The second kappa shape index (κ2) is 8.20. The number of fused-ring (bicyclic) bond motifs is 1. The van der Waals surface area contributed by atoms with Crippen molar-refractivity contribution < 1.29 is 14.7 Å². The van der Waals surface area contributed by atoms with Gasteiger partial charge in [-0.05, 0) is 37.8 Å². The molecule has 1 fully saturated rings. The molecule has 1 amide bonds. The van der Waals surface area contributed by atoms with Gasteiger partial charge >= 0.3 is 5.69 Å². The van der Waals surface area contributed by atoms with Gasteiger partial charge in [-0.15, -0.1) is 0 Å². The SMILES string of the molecule is O=C([O-])[C@H]1CCCN1C(=O)CCCCCn1c(=O)[nH]c2ccccc2c1=O. The number of aromatic amines is 1. The van der Waals surface area contributed by atoms with E-state index in [2.05, 4.69) is 4.98 Å². The van der Waals surface area contributed by atoms with Crippen LogP contribution in [-0.4, -0.2) is 38.9 Å². The van der Waals surface area contributed by atoms with Crippen molar-refractivity contribution in [3.05, 3.63) is 45.1 Å². The van der Waals surface area contributed by atoms with Crippen LogP contribution in [0.4, 0.5) is 0 Å². The molecule has 0 bridgehead atoms. The Balaban J connectivity index is 1.52. The van der Waals surface area contributed by atoms with Crippen LogP contribution >= 0.6 is 0 Å². The maximum atomic E-state index is 12.4. The second-order valence-corrected chi connectivity index (χ2v) is 6.81. The molecular weight excluding hydrogens is 350 g/mol. The molecule has 1 N–H and O–H groups in total. The van der Waals surface area contributed by atoms with Gasteiger partial charge in [0.1, 0.15) is 0 Å². The first-order chi connectivity index (χ1) is 13.0. The predicted molar refractivity (Wildman–Crippen MR) is 97.0 cm³/mol. The van der Waals surface area contributed by atoms with Gasteiger partial charge < -0.3 is 19.8 Å². The molecule has 0 radical (unpaired) electrons. The quantitative estimate of drug-likeness (QED) is 0.687. The van der Waals surface area contributed by atoms with Crippen molar-refractivity contribution in [3.63, 3.8) is 0 Å². The fourth-order valence-electron chi connectivity index (χ4n) is 3.58. The lowest BCUT2D eigenvalue weighted by atomic mass is 10.1. The van der Waals surface area contributed by atoms with E-state index in [-0.39, 0.29) is 24.4 Å². The topological polar surface area (TPSA) is 115 Å². The molecule has 8 nitrogen and oxygen atoms in total. The fourth-order valence-corrected chi connectivity index (χ4v) is 3.58. The Morgan fingerprint density at radius 3 is 2.70 bits per heavy atom. The molecule has 0 spiro atoms. The molecule has 0 unspecified atom stereocenters. The third-order valence-electron chi connectivity index (χ3n) is 5.01. The third-order valence-corrected chi connectivity index (χ3v) is 5.01. The average molecular weight is 372 g/mol. The van der Waals surface area contributed by atoms with Crippen LogP contribution in [0.25, 0.3) is 10.9 Å². The van der Waals surface area contributed by atoms with E-state index in [1.807, 2.05) is 0 Å². The number of carboxylic acids is 1. The van der Waals surface area contributed by atoms with Gasteiger partial charge in [0.15, 0.2) is 0 Å². The van der Waals surface area contributed by atoms with Gasteiger partial charge in [-0.3, -0.25) is 14.2 Å². The lowest BCUT2D eigenvalue weighted by molar-refractivity contribution is -0.310. The Morgan fingerprint density at radius 1 is 1.15 bits per heavy atom. The minimum atomic E-state index is -1.20. The second-order valence-electron chi connectivity index (χ2n) is 6.81. The first-order valence-electron chi connectivity index (χ1n) is 9.21. The van der Waals surface area contributed by atoms with Crippen molar-refractivity contribution in [1.82, 2.24) is 14.5 Å². The Kier molecular flexibility index (Phi) is 5.73. The summed E-state index contributed by atoms with van der Waals surface area (Å²) in [4.78, 5) is 51.8. The van der Waals surface area contributed by atoms with E-state index in [9.17, 15) is 24.3 Å². The van der Waals surface area contributed by atoms with Crippen molar-refractivity contribution >= 4 is 22.8 Å². The zero-order valence-electron chi connectivity index (χ0n) is 15.0. The van der Waals surface area contributed by atoms with Gasteiger partial charge in [-0.1, -0.05) is 18.6 Å². The van der Waals surface area contributed by atoms with Crippen molar-refractivity contribution in [1.29, 1.82) is 0 Å². The number of unbranched alkanes of at least 4 members (excludes halogenated alkanes) is 2. The van der Waals surface area contributed by atoms with Crippen LogP contribution in [0, 0.1) is 0 Å². The molecule has 1 saturated heterocycles. The number of nitrogens with zero attached hydrogens (tertiary/aromatic N) is 2. The minimum absolute atomic E-state index is 0.178. The van der Waals surface area contributed by atoms with Gasteiger partial charge in [0.25, 0.3) is 5.56 Å². The lowest BCUT2D eigenvalue weighted by Gasteiger charge is -2.25. The molecule has 1 aromatic carbocycles. The number of carbonyl (C=O) groups is 2. The highest BCUT2D eigenvalue weighted by Crippen LogP contribution is 2.18. The maximum absolute atomic E-state index is 12.4. The summed E-state index contributed by atoms with van der Waals surface area (Å²) in [6.07, 6.45) is 3.20. The molecule has 2 heterocycles. The summed E-state index contributed by atoms with van der Waals surface area (Å²) in [7, 11) is 0. The number of carboxylic acid groups (broad SMARTS) is 1. The summed E-state index contributed by atoms with van der Waals surface area (Å²) < 4.78 is 1.18. The number of hydrogen-bond acceptors (Lipinski definition) is 5. The molecule has 1 aliphatic rings. The highest BCUT2D eigenvalue weighted by atomic mass is 16.4. The van der Waals surface area contributed by atoms with Crippen molar-refractivity contribution in [3.8, 4) is 0 Å². The van der Waals surface area contributed by atoms with Crippen molar-refractivity contribution in [2.75, 3.05) is 6.54 Å². The molecule has 2 aromatic rings. The molecule has 1 aromatic heterocycles. The maximum Gasteiger partial charge on any atom is 0.328 e. The number of aliphatic carboxylic acids is 1. The van der Waals surface area contributed by atoms with Crippen LogP contribution in [-0.2, 0) is 16.1 Å². The number of likely N-dealkylation sites (tertiary alicyclic amines) is 1. The monoisotopic (exact) mass is 372 g/mol. The van der Waals surface area contributed by atoms with Crippen LogP contribution in [0.3, 0.4) is 0 Å². The summed E-state index contributed by atoms with van der Waals surface area (Å²) in [5.74, 6) is -1.38. The molecule has 3 rings (SSSR count). The predicted octanol–water partition coefficient (Wildman–Crippen LogP) is -0.00890. The van der Waals surface area contributed by atoms with Crippen LogP contribution in [0.2, 0.25) is 0 Å². The zero-order chi connectivity index (χ0) is 19.4. The van der Waals surface area contributed by atoms with Crippen molar-refractivity contribution in [2.45, 2.75) is 51.1 Å². The number of amides is 1. The van der Waals surface area contributed by atoms with Gasteiger partial charge in [0.2, 0.25) is 5.91 Å². The Morgan fingerprint density at radius 2 is 1.93 bits per heavy atom. The average Bonchev–Trinajstić information content (AvgIpc) is 3.14. The molecule has 27 heavy (non-hydrogen) atoms. The number of para-hydroxylation sites is 1. The summed E-state index contributed by atoms with van der Waals surface area (Å²) in [5.41, 5.74) is -0.245. The van der Waals surface area contributed by atoms with Gasteiger partial charge in [-0.25, -0.2) is 4.79 Å². The van der Waals surface area contributed by atoms with E-state index in [1.54, 1.807) is 24.3 Å². The molecule has 0 saturated carbocycles. The Labute approximate surface area is 155 Å². The number of rotatable bonds is 7. The van der Waals surface area contributed by atoms with Gasteiger partial charge in [0, 0.05) is 19.5 Å². The molecule has 1 aliphatic heterocycles. The van der Waals surface area contributed by atoms with Gasteiger partial charge in [-0.2, -0.15) is 0 Å². The van der Waals surface area contributed by atoms with Crippen LogP contribution in [0.1, 0.15) is 38.5 Å². The molecule has 1 atom stereocenters. The Bertz CT molecular complexity index is 962. The molecule has 0 aliphatic carbocycles. The molecular formula is C19H22N3O5-.